The van der Waals surface area contributed by atoms with E-state index in [-0.39, 0.29) is 70.8 Å². The maximum absolute atomic E-state index is 15.4. The molecule has 216 valence electrons. The predicted octanol–water partition coefficient (Wildman–Crippen LogP) is 5.03. The van der Waals surface area contributed by atoms with Crippen LogP contribution in [0.3, 0.4) is 0 Å². The molecule has 1 saturated heterocycles. The fourth-order valence-corrected chi connectivity index (χ4v) is 5.14. The van der Waals surface area contributed by atoms with Crippen LogP contribution < -0.4 is 9.47 Å². The number of aromatic carboxylic acids is 1. The van der Waals surface area contributed by atoms with Gasteiger partial charge < -0.3 is 23.9 Å². The highest BCUT2D eigenvalue weighted by Crippen LogP contribution is 2.30. The summed E-state index contributed by atoms with van der Waals surface area (Å²) >= 11 is 1.20. The molecule has 1 fully saturated rings. The van der Waals surface area contributed by atoms with Crippen molar-refractivity contribution >= 4 is 28.3 Å². The summed E-state index contributed by atoms with van der Waals surface area (Å²) in [4.78, 5) is 20.2. The van der Waals surface area contributed by atoms with Gasteiger partial charge in [-0.3, -0.25) is 0 Å². The summed E-state index contributed by atoms with van der Waals surface area (Å²) in [6, 6.07) is 9.01. The van der Waals surface area contributed by atoms with Gasteiger partial charge in [-0.2, -0.15) is 0 Å². The summed E-state index contributed by atoms with van der Waals surface area (Å²) in [5.41, 5.74) is 0.00307. The van der Waals surface area contributed by atoms with Gasteiger partial charge in [0.2, 0.25) is 5.88 Å². The third-order valence-electron chi connectivity index (χ3n) is 6.76. The molecule has 0 saturated carbocycles. The minimum Gasteiger partial charge on any atom is -0.478 e. The smallest absolute Gasteiger partial charge is 0.335 e. The normalized spacial score (nSPS) is 14.6. The molecule has 6 rings (SSSR count). The molecule has 10 nitrogen and oxygen atoms in total. The summed E-state index contributed by atoms with van der Waals surface area (Å²) in [5, 5.41) is 18.1. The first kappa shape index (κ1) is 27.6. The zero-order chi connectivity index (χ0) is 29.4. The molecule has 42 heavy (non-hydrogen) atoms. The number of methoxy groups -OCH3 is 1. The Balaban J connectivity index is 1.29. The van der Waals surface area contributed by atoms with E-state index in [2.05, 4.69) is 20.2 Å². The molecule has 0 spiro atoms. The Morgan fingerprint density at radius 2 is 1.95 bits per heavy atom. The lowest BCUT2D eigenvalue weighted by Crippen LogP contribution is -2.31. The molecule has 1 aliphatic rings. The fourth-order valence-electron chi connectivity index (χ4n) is 4.57. The van der Waals surface area contributed by atoms with Crippen molar-refractivity contribution in [3.63, 3.8) is 0 Å². The van der Waals surface area contributed by atoms with Crippen molar-refractivity contribution < 1.29 is 37.3 Å². The van der Waals surface area contributed by atoms with Gasteiger partial charge in [0.1, 0.15) is 29.6 Å². The topological polar surface area (TPSA) is 121 Å². The number of imidazole rings is 1. The third-order valence-corrected chi connectivity index (χ3v) is 7.62. The molecule has 0 bridgehead atoms. The van der Waals surface area contributed by atoms with Crippen LogP contribution >= 0.6 is 11.3 Å². The van der Waals surface area contributed by atoms with Crippen molar-refractivity contribution in [1.29, 1.82) is 0 Å². The number of aromatic nitrogens is 5. The van der Waals surface area contributed by atoms with E-state index in [1.807, 2.05) is 0 Å². The van der Waals surface area contributed by atoms with Crippen molar-refractivity contribution in [3.8, 4) is 22.3 Å². The van der Waals surface area contributed by atoms with E-state index in [0.29, 0.717) is 16.8 Å². The molecular weight excluding hydrogens is 575 g/mol. The molecule has 1 N–H and O–H groups in total. The van der Waals surface area contributed by atoms with Gasteiger partial charge in [-0.1, -0.05) is 22.5 Å². The summed E-state index contributed by atoms with van der Waals surface area (Å²) in [7, 11) is 1.48. The first-order chi connectivity index (χ1) is 20.3. The second-order valence-electron chi connectivity index (χ2n) is 9.47. The molecule has 0 unspecified atom stereocenters. The lowest BCUT2D eigenvalue weighted by Gasteiger charge is -2.27. The van der Waals surface area contributed by atoms with Crippen LogP contribution in [0.2, 0.25) is 0 Å². The van der Waals surface area contributed by atoms with Gasteiger partial charge in [0.25, 0.3) is 5.19 Å². The molecular formula is C28H22F3N5O5S. The summed E-state index contributed by atoms with van der Waals surface area (Å²) in [6.45, 7) is 0.894. The van der Waals surface area contributed by atoms with Crippen molar-refractivity contribution in [2.75, 3.05) is 13.7 Å². The Labute approximate surface area is 240 Å². The number of nitrogens with zero attached hydrogens (tertiary/aromatic N) is 5. The van der Waals surface area contributed by atoms with Crippen LogP contribution in [-0.2, 0) is 24.3 Å². The van der Waals surface area contributed by atoms with Crippen LogP contribution in [0.15, 0.2) is 42.5 Å². The maximum atomic E-state index is 15.4. The van der Waals surface area contributed by atoms with E-state index < -0.39 is 23.4 Å². The highest BCUT2D eigenvalue weighted by molar-refractivity contribution is 7.13. The largest absolute Gasteiger partial charge is 0.478 e. The van der Waals surface area contributed by atoms with Crippen LogP contribution in [0, 0.1) is 17.5 Å². The van der Waals surface area contributed by atoms with Gasteiger partial charge in [-0.25, -0.2) is 27.9 Å². The van der Waals surface area contributed by atoms with Crippen molar-refractivity contribution in [1.82, 2.24) is 24.7 Å². The highest BCUT2D eigenvalue weighted by Gasteiger charge is 2.25. The molecule has 0 aliphatic carbocycles. The molecule has 5 aromatic rings. The molecule has 14 heteroatoms. The Bertz CT molecular complexity index is 1810. The molecule has 1 atom stereocenters. The summed E-state index contributed by atoms with van der Waals surface area (Å²) in [5.74, 6) is -3.13. The minimum absolute atomic E-state index is 0.0150. The maximum Gasteiger partial charge on any atom is 0.335 e. The van der Waals surface area contributed by atoms with E-state index in [1.165, 1.54) is 30.6 Å². The van der Waals surface area contributed by atoms with Crippen LogP contribution in [-0.4, -0.2) is 55.6 Å². The summed E-state index contributed by atoms with van der Waals surface area (Å²) in [6.07, 6.45) is 0.396. The number of fused-ring (bicyclic) bond motifs is 1. The molecule has 0 amide bonds. The van der Waals surface area contributed by atoms with E-state index in [9.17, 15) is 14.3 Å². The molecule has 1 aliphatic heterocycles. The predicted molar refractivity (Wildman–Crippen MR) is 144 cm³/mol. The number of halogens is 3. The SMILES string of the molecule is COc1nnc(COc2cccc(-c3cc(F)c(Cc4nc5c(F)cc(C(=O)O)cc5n4C[C@@H]4CCO4)cc3F)n2)s1. The monoisotopic (exact) mass is 597 g/mol. The molecule has 3 aromatic heterocycles. The van der Waals surface area contributed by atoms with Gasteiger partial charge in [-0.15, -0.1) is 5.10 Å². The number of hydrogen-bond acceptors (Lipinski definition) is 9. The Hall–Kier alpha value is -4.56. The minimum atomic E-state index is -1.29. The van der Waals surface area contributed by atoms with Gasteiger partial charge in [0.15, 0.2) is 10.8 Å². The van der Waals surface area contributed by atoms with Gasteiger partial charge in [-0.05, 0) is 42.3 Å². The standard InChI is InChI=1S/C28H22F3N5O5S/c1-39-28-35-34-25(42-28)13-41-24-4-2-3-21(32-24)17-11-18(29)14(7-19(17)30)10-23-33-26-20(31)8-15(27(37)38)9-22(26)36(23)12-16-5-6-40-16/h2-4,7-9,11,16H,5-6,10,12-13H2,1H3,(H,37,38)/t16-/m0/s1. The Morgan fingerprint density at radius 1 is 1.12 bits per heavy atom. The van der Waals surface area contributed by atoms with Crippen LogP contribution in [0.1, 0.15) is 33.2 Å². The first-order valence-corrected chi connectivity index (χ1v) is 13.6. The number of carboxylic acid groups (broad SMARTS) is 1. The second-order valence-corrected chi connectivity index (χ2v) is 10.5. The number of ether oxygens (including phenoxy) is 3. The third kappa shape index (κ3) is 5.50. The number of carboxylic acids is 1. The average molecular weight is 598 g/mol. The van der Waals surface area contributed by atoms with E-state index in [4.69, 9.17) is 14.2 Å². The quantitative estimate of drug-likeness (QED) is 0.236. The zero-order valence-corrected chi connectivity index (χ0v) is 22.8. The number of rotatable bonds is 10. The van der Waals surface area contributed by atoms with E-state index in [0.717, 1.165) is 24.6 Å². The fraction of sp³-hybridized carbons (Fsp3) is 0.250. The number of hydrogen-bond donors (Lipinski definition) is 1. The molecule has 0 radical (unpaired) electrons. The number of benzene rings is 2. The lowest BCUT2D eigenvalue weighted by molar-refractivity contribution is -0.0589. The Kier molecular flexibility index (Phi) is 7.47. The number of pyridine rings is 1. The summed E-state index contributed by atoms with van der Waals surface area (Å²) < 4.78 is 63.4. The van der Waals surface area contributed by atoms with Crippen molar-refractivity contribution in [2.45, 2.75) is 32.1 Å². The van der Waals surface area contributed by atoms with Gasteiger partial charge >= 0.3 is 5.97 Å². The van der Waals surface area contributed by atoms with Gasteiger partial charge in [0.05, 0.1) is 36.5 Å². The van der Waals surface area contributed by atoms with Crippen LogP contribution in [0.5, 0.6) is 11.1 Å². The van der Waals surface area contributed by atoms with Gasteiger partial charge in [0, 0.05) is 24.7 Å². The van der Waals surface area contributed by atoms with E-state index in [1.54, 1.807) is 16.7 Å². The molecule has 4 heterocycles. The number of carbonyl (C=O) groups is 1. The average Bonchev–Trinajstić information content (AvgIpc) is 3.56. The highest BCUT2D eigenvalue weighted by atomic mass is 32.1. The van der Waals surface area contributed by atoms with Crippen molar-refractivity contribution in [2.24, 2.45) is 0 Å². The zero-order valence-electron chi connectivity index (χ0n) is 22.0. The Morgan fingerprint density at radius 3 is 2.67 bits per heavy atom. The molecule has 2 aromatic carbocycles. The second kappa shape index (κ2) is 11.4. The van der Waals surface area contributed by atoms with Crippen LogP contribution in [0.25, 0.3) is 22.3 Å². The first-order valence-electron chi connectivity index (χ1n) is 12.8. The van der Waals surface area contributed by atoms with E-state index >= 15 is 8.78 Å². The van der Waals surface area contributed by atoms with Crippen LogP contribution in [0.4, 0.5) is 13.2 Å². The lowest BCUT2D eigenvalue weighted by atomic mass is 10.0. The van der Waals surface area contributed by atoms with Crippen molar-refractivity contribution in [3.05, 3.63) is 81.9 Å².